The van der Waals surface area contributed by atoms with E-state index in [-0.39, 0.29) is 22.1 Å². The summed E-state index contributed by atoms with van der Waals surface area (Å²) < 4.78 is 33.3. The molecule has 6 nitrogen and oxygen atoms in total. The van der Waals surface area contributed by atoms with Crippen molar-refractivity contribution >= 4 is 27.5 Å². The number of hydrogen-bond acceptors (Lipinski definition) is 4. The molecule has 1 atom stereocenters. The minimum Gasteiger partial charge on any atom is -0.495 e. The number of benzene rings is 2. The number of halogens is 1. The normalized spacial score (nSPS) is 12.4. The van der Waals surface area contributed by atoms with Crippen molar-refractivity contribution in [2.45, 2.75) is 24.3 Å². The average Bonchev–Trinajstić information content (AvgIpc) is 2.62. The molecule has 0 saturated carbocycles. The number of likely N-dealkylation sites (N-methyl/N-ethyl adjacent to an activating group) is 1. The van der Waals surface area contributed by atoms with Gasteiger partial charge in [-0.25, -0.2) is 8.42 Å². The molecule has 2 N–H and O–H groups in total. The summed E-state index contributed by atoms with van der Waals surface area (Å²) in [6, 6.07) is 12.5. The Hall–Kier alpha value is -2.09. The van der Waals surface area contributed by atoms with Gasteiger partial charge in [-0.1, -0.05) is 41.9 Å². The summed E-state index contributed by atoms with van der Waals surface area (Å²) in [6.07, 6.45) is 0.217. The standard InChI is InChI=1S/C18H21ClN2O4S/c1-3-20-18(22)15(11-13-7-5-4-6-8-13)21-26(23,24)17-12-14(19)9-10-16(17)25-2/h4-10,12,15,21H,3,11H2,1-2H3,(H,20,22)/t15-/m1/s1. The Balaban J connectivity index is 2.34. The molecule has 140 valence electrons. The van der Waals surface area contributed by atoms with Crippen molar-refractivity contribution in [3.05, 3.63) is 59.1 Å². The van der Waals surface area contributed by atoms with Gasteiger partial charge in [0.15, 0.2) is 0 Å². The third-order valence-electron chi connectivity index (χ3n) is 3.66. The van der Waals surface area contributed by atoms with Crippen LogP contribution >= 0.6 is 11.6 Å². The Bertz CT molecular complexity index is 857. The van der Waals surface area contributed by atoms with Gasteiger partial charge in [-0.05, 0) is 37.1 Å². The Morgan fingerprint density at radius 1 is 1.19 bits per heavy atom. The SMILES string of the molecule is CCNC(=O)[C@@H](Cc1ccccc1)NS(=O)(=O)c1cc(Cl)ccc1OC. The van der Waals surface area contributed by atoms with E-state index in [1.165, 1.54) is 25.3 Å². The molecule has 0 unspecified atom stereocenters. The fraction of sp³-hybridized carbons (Fsp3) is 0.278. The molecular formula is C18H21ClN2O4S. The quantitative estimate of drug-likeness (QED) is 0.717. The Labute approximate surface area is 158 Å². The summed E-state index contributed by atoms with van der Waals surface area (Å²) in [5, 5.41) is 2.91. The van der Waals surface area contributed by atoms with E-state index >= 15 is 0 Å². The second-order valence-corrected chi connectivity index (χ2v) is 7.67. The number of carbonyl (C=O) groups excluding carboxylic acids is 1. The lowest BCUT2D eigenvalue weighted by Gasteiger charge is -2.19. The van der Waals surface area contributed by atoms with Gasteiger partial charge in [-0.2, -0.15) is 4.72 Å². The van der Waals surface area contributed by atoms with Crippen LogP contribution in [0.4, 0.5) is 0 Å². The largest absolute Gasteiger partial charge is 0.495 e. The van der Waals surface area contributed by atoms with Crippen LogP contribution in [0.3, 0.4) is 0 Å². The fourth-order valence-electron chi connectivity index (χ4n) is 2.45. The highest BCUT2D eigenvalue weighted by molar-refractivity contribution is 7.89. The molecule has 1 amide bonds. The molecule has 2 aromatic rings. The molecule has 2 rings (SSSR count). The highest BCUT2D eigenvalue weighted by atomic mass is 35.5. The van der Waals surface area contributed by atoms with Gasteiger partial charge < -0.3 is 10.1 Å². The van der Waals surface area contributed by atoms with Crippen LogP contribution in [0.5, 0.6) is 5.75 Å². The van der Waals surface area contributed by atoms with Crippen LogP contribution in [-0.4, -0.2) is 34.0 Å². The Kier molecular flexibility index (Phi) is 7.02. The topological polar surface area (TPSA) is 84.5 Å². The Morgan fingerprint density at radius 2 is 1.88 bits per heavy atom. The summed E-state index contributed by atoms with van der Waals surface area (Å²) in [5.74, 6) is -0.253. The predicted octanol–water partition coefficient (Wildman–Crippen LogP) is 2.37. The lowest BCUT2D eigenvalue weighted by molar-refractivity contribution is -0.122. The van der Waals surface area contributed by atoms with Crippen LogP contribution in [0.1, 0.15) is 12.5 Å². The molecule has 2 aromatic carbocycles. The smallest absolute Gasteiger partial charge is 0.245 e. The van der Waals surface area contributed by atoms with Gasteiger partial charge in [0, 0.05) is 11.6 Å². The second-order valence-electron chi connectivity index (χ2n) is 5.55. The van der Waals surface area contributed by atoms with Crippen molar-refractivity contribution in [3.8, 4) is 5.75 Å². The van der Waals surface area contributed by atoms with E-state index in [4.69, 9.17) is 16.3 Å². The van der Waals surface area contributed by atoms with Crippen molar-refractivity contribution < 1.29 is 17.9 Å². The van der Waals surface area contributed by atoms with Crippen LogP contribution in [-0.2, 0) is 21.2 Å². The first-order valence-electron chi connectivity index (χ1n) is 8.05. The van der Waals surface area contributed by atoms with Gasteiger partial charge >= 0.3 is 0 Å². The third kappa shape index (κ3) is 5.20. The summed E-state index contributed by atoms with van der Waals surface area (Å²) in [4.78, 5) is 12.3. The van der Waals surface area contributed by atoms with Gasteiger partial charge in [0.1, 0.15) is 16.7 Å². The molecule has 0 aliphatic heterocycles. The molecule has 26 heavy (non-hydrogen) atoms. The monoisotopic (exact) mass is 396 g/mol. The van der Waals surface area contributed by atoms with Gasteiger partial charge in [0.2, 0.25) is 15.9 Å². The van der Waals surface area contributed by atoms with Crippen molar-refractivity contribution in [2.24, 2.45) is 0 Å². The van der Waals surface area contributed by atoms with Crippen molar-refractivity contribution in [1.29, 1.82) is 0 Å². The second kappa shape index (κ2) is 9.02. The third-order valence-corrected chi connectivity index (χ3v) is 5.39. The number of sulfonamides is 1. The number of amides is 1. The summed E-state index contributed by atoms with van der Waals surface area (Å²) >= 11 is 5.93. The van der Waals surface area contributed by atoms with E-state index in [1.54, 1.807) is 6.92 Å². The first-order valence-corrected chi connectivity index (χ1v) is 9.91. The summed E-state index contributed by atoms with van der Waals surface area (Å²) in [7, 11) is -2.66. The molecule has 0 saturated heterocycles. The first kappa shape index (κ1) is 20.2. The number of carbonyl (C=O) groups is 1. The van der Waals surface area contributed by atoms with Gasteiger partial charge in [-0.15, -0.1) is 0 Å². The van der Waals surface area contributed by atoms with E-state index in [9.17, 15) is 13.2 Å². The summed E-state index contributed by atoms with van der Waals surface area (Å²) in [6.45, 7) is 2.16. The maximum Gasteiger partial charge on any atom is 0.245 e. The zero-order valence-corrected chi connectivity index (χ0v) is 16.1. The molecule has 0 fully saturated rings. The number of hydrogen-bond donors (Lipinski definition) is 2. The van der Waals surface area contributed by atoms with Gasteiger partial charge in [0.25, 0.3) is 0 Å². The highest BCUT2D eigenvalue weighted by Crippen LogP contribution is 2.27. The zero-order chi connectivity index (χ0) is 19.2. The highest BCUT2D eigenvalue weighted by Gasteiger charge is 2.28. The summed E-state index contributed by atoms with van der Waals surface area (Å²) in [5.41, 5.74) is 0.838. The van der Waals surface area contributed by atoms with E-state index in [1.807, 2.05) is 30.3 Å². The molecule has 0 spiro atoms. The lowest BCUT2D eigenvalue weighted by Crippen LogP contribution is -2.47. The molecule has 0 aliphatic carbocycles. The van der Waals surface area contributed by atoms with Crippen LogP contribution in [0, 0.1) is 0 Å². The molecule has 0 heterocycles. The fourth-order valence-corrected chi connectivity index (χ4v) is 4.07. The number of ether oxygens (including phenoxy) is 1. The van der Waals surface area contributed by atoms with Crippen LogP contribution in [0.2, 0.25) is 5.02 Å². The molecule has 0 aliphatic rings. The Morgan fingerprint density at radius 3 is 2.50 bits per heavy atom. The maximum atomic E-state index is 12.8. The molecule has 0 radical (unpaired) electrons. The average molecular weight is 397 g/mol. The van der Waals surface area contributed by atoms with E-state index in [2.05, 4.69) is 10.0 Å². The van der Waals surface area contributed by atoms with Crippen LogP contribution in [0.15, 0.2) is 53.4 Å². The van der Waals surface area contributed by atoms with E-state index < -0.39 is 22.0 Å². The van der Waals surface area contributed by atoms with E-state index in [0.717, 1.165) is 5.56 Å². The number of rotatable bonds is 8. The molecular weight excluding hydrogens is 376 g/mol. The molecule has 8 heteroatoms. The zero-order valence-electron chi connectivity index (χ0n) is 14.5. The first-order chi connectivity index (χ1) is 12.4. The van der Waals surface area contributed by atoms with Gasteiger partial charge in [-0.3, -0.25) is 4.79 Å². The van der Waals surface area contributed by atoms with Crippen molar-refractivity contribution in [3.63, 3.8) is 0 Å². The van der Waals surface area contributed by atoms with Crippen LogP contribution < -0.4 is 14.8 Å². The maximum absolute atomic E-state index is 12.8. The number of methoxy groups -OCH3 is 1. The minimum absolute atomic E-state index is 0.116. The van der Waals surface area contributed by atoms with Crippen molar-refractivity contribution in [1.82, 2.24) is 10.0 Å². The lowest BCUT2D eigenvalue weighted by atomic mass is 10.1. The number of nitrogens with one attached hydrogen (secondary N) is 2. The van der Waals surface area contributed by atoms with Crippen LogP contribution in [0.25, 0.3) is 0 Å². The predicted molar refractivity (Wildman–Crippen MR) is 101 cm³/mol. The molecule has 0 aromatic heterocycles. The van der Waals surface area contributed by atoms with Crippen molar-refractivity contribution in [2.75, 3.05) is 13.7 Å². The minimum atomic E-state index is -4.03. The van der Waals surface area contributed by atoms with Gasteiger partial charge in [0.05, 0.1) is 7.11 Å². The van der Waals surface area contributed by atoms with E-state index in [0.29, 0.717) is 6.54 Å². The molecule has 0 bridgehead atoms.